The number of rotatable bonds is 2. The van der Waals surface area contributed by atoms with Crippen LogP contribution in [0, 0.1) is 6.92 Å². The molecule has 3 nitrogen and oxygen atoms in total. The molecule has 0 unspecified atom stereocenters. The van der Waals surface area contributed by atoms with Crippen LogP contribution in [0.3, 0.4) is 0 Å². The van der Waals surface area contributed by atoms with Crippen molar-refractivity contribution in [3.63, 3.8) is 0 Å². The standard InChI is InChI=1S/C14H20BNO2/c1-7-11-9-8-10(2)16-12(11)15-17-13(3,4)14(5,6)18-15/h7-9H,1H2,2-6H3. The summed E-state index contributed by atoms with van der Waals surface area (Å²) in [6.45, 7) is 13.9. The van der Waals surface area contributed by atoms with Gasteiger partial charge in [-0.1, -0.05) is 18.7 Å². The summed E-state index contributed by atoms with van der Waals surface area (Å²) in [4.78, 5) is 4.54. The molecular formula is C14H20BNO2. The van der Waals surface area contributed by atoms with Crippen LogP contribution in [0.15, 0.2) is 18.7 Å². The molecule has 0 atom stereocenters. The van der Waals surface area contributed by atoms with Crippen LogP contribution in [-0.4, -0.2) is 23.3 Å². The van der Waals surface area contributed by atoms with Gasteiger partial charge in [0.1, 0.15) is 0 Å². The van der Waals surface area contributed by atoms with Crippen molar-refractivity contribution in [2.75, 3.05) is 0 Å². The van der Waals surface area contributed by atoms with Crippen molar-refractivity contribution in [2.24, 2.45) is 0 Å². The first-order chi connectivity index (χ1) is 8.27. The average Bonchev–Trinajstić information content (AvgIpc) is 2.48. The number of nitrogens with zero attached hydrogens (tertiary/aromatic N) is 1. The monoisotopic (exact) mass is 245 g/mol. The van der Waals surface area contributed by atoms with E-state index < -0.39 is 7.12 Å². The second-order valence-corrected chi connectivity index (χ2v) is 5.72. The van der Waals surface area contributed by atoms with Crippen LogP contribution in [-0.2, 0) is 9.31 Å². The second-order valence-electron chi connectivity index (χ2n) is 5.72. The van der Waals surface area contributed by atoms with Gasteiger partial charge in [-0.25, -0.2) is 0 Å². The van der Waals surface area contributed by atoms with Gasteiger partial charge in [0.15, 0.2) is 0 Å². The number of hydrogen-bond acceptors (Lipinski definition) is 3. The smallest absolute Gasteiger partial charge is 0.398 e. The van der Waals surface area contributed by atoms with Crippen LogP contribution >= 0.6 is 0 Å². The third kappa shape index (κ3) is 2.11. The highest BCUT2D eigenvalue weighted by Crippen LogP contribution is 2.36. The number of hydrogen-bond donors (Lipinski definition) is 0. The molecule has 1 saturated heterocycles. The largest absolute Gasteiger partial charge is 0.515 e. The minimum atomic E-state index is -0.428. The summed E-state index contributed by atoms with van der Waals surface area (Å²) in [6.07, 6.45) is 1.78. The highest BCUT2D eigenvalue weighted by atomic mass is 16.7. The number of aryl methyl sites for hydroxylation is 1. The van der Waals surface area contributed by atoms with Crippen molar-refractivity contribution < 1.29 is 9.31 Å². The summed E-state index contributed by atoms with van der Waals surface area (Å²) in [7, 11) is -0.428. The van der Waals surface area contributed by atoms with Crippen molar-refractivity contribution in [3.8, 4) is 0 Å². The SMILES string of the molecule is C=Cc1ccc(C)nc1B1OC(C)(C)C(C)(C)O1. The van der Waals surface area contributed by atoms with Crippen LogP contribution in [0.25, 0.3) is 6.08 Å². The predicted octanol–water partition coefficient (Wildman–Crippen LogP) is 2.33. The fourth-order valence-electron chi connectivity index (χ4n) is 1.90. The Balaban J connectivity index is 2.40. The lowest BCUT2D eigenvalue weighted by molar-refractivity contribution is 0.00578. The first kappa shape index (κ1) is 13.3. The molecule has 1 aliphatic heterocycles. The van der Waals surface area contributed by atoms with Gasteiger partial charge in [-0.2, -0.15) is 0 Å². The Kier molecular flexibility index (Phi) is 3.12. The van der Waals surface area contributed by atoms with Crippen LogP contribution < -0.4 is 5.59 Å². The van der Waals surface area contributed by atoms with Gasteiger partial charge in [0.05, 0.1) is 16.8 Å². The predicted molar refractivity (Wildman–Crippen MR) is 74.8 cm³/mol. The molecule has 4 heteroatoms. The number of aromatic nitrogens is 1. The minimum absolute atomic E-state index is 0.346. The summed E-state index contributed by atoms with van der Waals surface area (Å²) < 4.78 is 12.0. The third-order valence-electron chi connectivity index (χ3n) is 3.79. The summed E-state index contributed by atoms with van der Waals surface area (Å²) in [6, 6.07) is 3.96. The van der Waals surface area contributed by atoms with Gasteiger partial charge in [-0.15, -0.1) is 0 Å². The Hall–Kier alpha value is -1.13. The van der Waals surface area contributed by atoms with Gasteiger partial charge in [0, 0.05) is 5.69 Å². The average molecular weight is 245 g/mol. The quantitative estimate of drug-likeness (QED) is 0.749. The lowest BCUT2D eigenvalue weighted by Crippen LogP contribution is -2.41. The topological polar surface area (TPSA) is 31.4 Å². The van der Waals surface area contributed by atoms with Crippen LogP contribution in [0.5, 0.6) is 0 Å². The maximum absolute atomic E-state index is 6.02. The van der Waals surface area contributed by atoms with Crippen LogP contribution in [0.1, 0.15) is 39.0 Å². The zero-order valence-electron chi connectivity index (χ0n) is 11.8. The van der Waals surface area contributed by atoms with E-state index in [1.807, 2.05) is 46.8 Å². The van der Waals surface area contributed by atoms with Crippen molar-refractivity contribution in [3.05, 3.63) is 30.0 Å². The lowest BCUT2D eigenvalue weighted by atomic mass is 9.80. The molecule has 1 aromatic heterocycles. The molecule has 0 aliphatic carbocycles. The fraction of sp³-hybridized carbons (Fsp3) is 0.500. The molecule has 1 aliphatic rings. The molecular weight excluding hydrogens is 225 g/mol. The van der Waals surface area contributed by atoms with E-state index in [-0.39, 0.29) is 11.2 Å². The molecule has 2 heterocycles. The third-order valence-corrected chi connectivity index (χ3v) is 3.79. The van der Waals surface area contributed by atoms with Crippen LogP contribution in [0.2, 0.25) is 0 Å². The molecule has 2 rings (SSSR count). The molecule has 96 valence electrons. The van der Waals surface area contributed by atoms with Crippen LogP contribution in [0.4, 0.5) is 0 Å². The first-order valence-corrected chi connectivity index (χ1v) is 6.22. The molecule has 0 amide bonds. The number of pyridine rings is 1. The Labute approximate surface area is 109 Å². The van der Waals surface area contributed by atoms with E-state index in [1.165, 1.54) is 0 Å². The lowest BCUT2D eigenvalue weighted by Gasteiger charge is -2.32. The van der Waals surface area contributed by atoms with E-state index in [2.05, 4.69) is 11.6 Å². The summed E-state index contributed by atoms with van der Waals surface area (Å²) in [5, 5.41) is 0. The molecule has 0 saturated carbocycles. The maximum atomic E-state index is 6.02. The normalized spacial score (nSPS) is 21.1. The van der Waals surface area contributed by atoms with E-state index in [1.54, 1.807) is 6.08 Å². The summed E-state index contributed by atoms with van der Waals surface area (Å²) in [5.41, 5.74) is 2.02. The van der Waals surface area contributed by atoms with Gasteiger partial charge in [-0.05, 0) is 46.2 Å². The van der Waals surface area contributed by atoms with Gasteiger partial charge in [0.25, 0.3) is 0 Å². The van der Waals surface area contributed by atoms with Gasteiger partial charge < -0.3 is 9.31 Å². The Morgan fingerprint density at radius 3 is 2.22 bits per heavy atom. The van der Waals surface area contributed by atoms with Gasteiger partial charge in [0.2, 0.25) is 0 Å². The Bertz CT molecular complexity index is 467. The Morgan fingerprint density at radius 1 is 1.17 bits per heavy atom. The molecule has 0 spiro atoms. The molecule has 1 fully saturated rings. The fourth-order valence-corrected chi connectivity index (χ4v) is 1.90. The zero-order chi connectivity index (χ0) is 13.6. The van der Waals surface area contributed by atoms with Gasteiger partial charge >= 0.3 is 7.12 Å². The summed E-state index contributed by atoms with van der Waals surface area (Å²) in [5.74, 6) is 0. The molecule has 0 bridgehead atoms. The Morgan fingerprint density at radius 2 is 1.72 bits per heavy atom. The van der Waals surface area contributed by atoms with E-state index >= 15 is 0 Å². The van der Waals surface area contributed by atoms with Crippen molar-refractivity contribution >= 4 is 18.8 Å². The van der Waals surface area contributed by atoms with E-state index in [9.17, 15) is 0 Å². The highest BCUT2D eigenvalue weighted by molar-refractivity contribution is 6.62. The second kappa shape index (κ2) is 4.21. The van der Waals surface area contributed by atoms with E-state index in [0.717, 1.165) is 16.9 Å². The summed E-state index contributed by atoms with van der Waals surface area (Å²) >= 11 is 0. The zero-order valence-corrected chi connectivity index (χ0v) is 11.8. The molecule has 18 heavy (non-hydrogen) atoms. The molecule has 0 aromatic carbocycles. The first-order valence-electron chi connectivity index (χ1n) is 6.22. The van der Waals surface area contributed by atoms with Crippen molar-refractivity contribution in [1.29, 1.82) is 0 Å². The van der Waals surface area contributed by atoms with Gasteiger partial charge in [-0.3, -0.25) is 4.98 Å². The van der Waals surface area contributed by atoms with Crippen molar-refractivity contribution in [2.45, 2.75) is 45.8 Å². The van der Waals surface area contributed by atoms with E-state index in [0.29, 0.717) is 0 Å². The van der Waals surface area contributed by atoms with E-state index in [4.69, 9.17) is 9.31 Å². The van der Waals surface area contributed by atoms with Crippen molar-refractivity contribution in [1.82, 2.24) is 4.98 Å². The maximum Gasteiger partial charge on any atom is 0.515 e. The molecule has 0 N–H and O–H groups in total. The molecule has 0 radical (unpaired) electrons. The highest BCUT2D eigenvalue weighted by Gasteiger charge is 2.52. The minimum Gasteiger partial charge on any atom is -0.398 e. The molecule has 1 aromatic rings.